The first kappa shape index (κ1) is 11.4. The second kappa shape index (κ2) is 5.24. The molecule has 1 atom stereocenters. The minimum absolute atomic E-state index is 0.000896. The summed E-state index contributed by atoms with van der Waals surface area (Å²) >= 11 is 0. The number of ether oxygens (including phenoxy) is 1. The first-order chi connectivity index (χ1) is 7.15. The highest BCUT2D eigenvalue weighted by Crippen LogP contribution is 2.05. The number of hydrogen-bond donors (Lipinski definition) is 0. The van der Waals surface area contributed by atoms with E-state index in [1.165, 1.54) is 19.1 Å². The Morgan fingerprint density at radius 3 is 2.47 bits per heavy atom. The van der Waals surface area contributed by atoms with Crippen molar-refractivity contribution in [3.8, 4) is 0 Å². The summed E-state index contributed by atoms with van der Waals surface area (Å²) in [4.78, 5) is 22.2. The first-order valence-corrected chi connectivity index (χ1v) is 4.60. The highest BCUT2D eigenvalue weighted by molar-refractivity contribution is 5.97. The van der Waals surface area contributed by atoms with Gasteiger partial charge in [0.1, 0.15) is 0 Å². The molecule has 1 unspecified atom stereocenters. The van der Waals surface area contributed by atoms with Gasteiger partial charge < -0.3 is 4.74 Å². The zero-order valence-corrected chi connectivity index (χ0v) is 8.27. The van der Waals surface area contributed by atoms with Crippen molar-refractivity contribution in [1.82, 2.24) is 0 Å². The highest BCUT2D eigenvalue weighted by Gasteiger charge is 2.20. The molecule has 0 radical (unpaired) electrons. The van der Waals surface area contributed by atoms with Crippen LogP contribution < -0.4 is 0 Å². The number of esters is 2. The number of halogens is 1. The number of carbonyl (C=O) groups excluding carboxylic acids is 2. The molecule has 0 saturated carbocycles. The average Bonchev–Trinajstić information content (AvgIpc) is 2.29. The third-order valence-electron chi connectivity index (χ3n) is 1.82. The van der Waals surface area contributed by atoms with E-state index in [4.69, 9.17) is 0 Å². The Hall–Kier alpha value is -1.71. The van der Waals surface area contributed by atoms with E-state index in [1.54, 1.807) is 18.2 Å². The number of carbonyl (C=O) groups is 2. The van der Waals surface area contributed by atoms with E-state index in [9.17, 15) is 14.0 Å². The summed E-state index contributed by atoms with van der Waals surface area (Å²) < 4.78 is 17.1. The van der Waals surface area contributed by atoms with Crippen LogP contribution in [0.2, 0.25) is 0 Å². The molecule has 0 amide bonds. The second-order valence-electron chi connectivity index (χ2n) is 2.95. The predicted molar refractivity (Wildman–Crippen MR) is 52.1 cm³/mol. The van der Waals surface area contributed by atoms with E-state index >= 15 is 0 Å². The summed E-state index contributed by atoms with van der Waals surface area (Å²) in [6.07, 6.45) is -1.74. The van der Waals surface area contributed by atoms with Crippen LogP contribution >= 0.6 is 0 Å². The van der Waals surface area contributed by atoms with E-state index in [0.29, 0.717) is 0 Å². The smallest absolute Gasteiger partial charge is 0.348 e. The van der Waals surface area contributed by atoms with E-state index < -0.39 is 18.1 Å². The molecule has 0 aliphatic heterocycles. The number of benzene rings is 1. The van der Waals surface area contributed by atoms with Crippen LogP contribution in [0.15, 0.2) is 30.3 Å². The van der Waals surface area contributed by atoms with Gasteiger partial charge in [-0.25, -0.2) is 14.0 Å². The van der Waals surface area contributed by atoms with Crippen LogP contribution in [0, 0.1) is 0 Å². The van der Waals surface area contributed by atoms with Gasteiger partial charge in [-0.15, -0.1) is 0 Å². The Morgan fingerprint density at radius 1 is 1.33 bits per heavy atom. The van der Waals surface area contributed by atoms with Crippen molar-refractivity contribution in [3.05, 3.63) is 35.9 Å². The molecule has 0 aliphatic rings. The molecule has 1 rings (SSSR count). The zero-order valence-electron chi connectivity index (χ0n) is 8.27. The maximum Gasteiger partial charge on any atom is 0.348 e. The minimum atomic E-state index is -1.74. The second-order valence-corrected chi connectivity index (χ2v) is 2.95. The van der Waals surface area contributed by atoms with Gasteiger partial charge >= 0.3 is 11.9 Å². The molecular formula is C11H11FO3. The molecule has 1 aromatic rings. The Morgan fingerprint density at radius 2 is 1.93 bits per heavy atom. The molecular weight excluding hydrogens is 199 g/mol. The quantitative estimate of drug-likeness (QED) is 0.567. The van der Waals surface area contributed by atoms with E-state index in [1.807, 2.05) is 0 Å². The van der Waals surface area contributed by atoms with E-state index in [2.05, 4.69) is 4.74 Å². The largest absolute Gasteiger partial charge is 0.387 e. The molecule has 0 spiro atoms. The third-order valence-corrected chi connectivity index (χ3v) is 1.82. The molecule has 0 aromatic heterocycles. The number of rotatable bonds is 3. The van der Waals surface area contributed by atoms with Crippen molar-refractivity contribution >= 4 is 11.9 Å². The summed E-state index contributed by atoms with van der Waals surface area (Å²) in [7, 11) is 0. The molecule has 3 nitrogen and oxygen atoms in total. The third kappa shape index (κ3) is 3.16. The van der Waals surface area contributed by atoms with Crippen molar-refractivity contribution in [1.29, 1.82) is 0 Å². The van der Waals surface area contributed by atoms with Gasteiger partial charge in [-0.3, -0.25) is 0 Å². The van der Waals surface area contributed by atoms with Crippen LogP contribution in [0.1, 0.15) is 23.7 Å². The van der Waals surface area contributed by atoms with Gasteiger partial charge in [0.25, 0.3) is 0 Å². The Kier molecular flexibility index (Phi) is 3.97. The molecule has 4 heteroatoms. The normalized spacial score (nSPS) is 11.9. The van der Waals surface area contributed by atoms with Crippen LogP contribution in [0.25, 0.3) is 0 Å². The van der Waals surface area contributed by atoms with Crippen LogP contribution in [0.3, 0.4) is 0 Å². The van der Waals surface area contributed by atoms with Crippen LogP contribution in [0.4, 0.5) is 4.39 Å². The summed E-state index contributed by atoms with van der Waals surface area (Å²) in [6.45, 7) is 1.50. The van der Waals surface area contributed by atoms with Crippen LogP contribution in [-0.4, -0.2) is 18.1 Å². The van der Waals surface area contributed by atoms with E-state index in [-0.39, 0.29) is 12.0 Å². The Bertz CT molecular complexity index is 348. The molecule has 1 aromatic carbocycles. The van der Waals surface area contributed by atoms with Crippen LogP contribution in [0.5, 0.6) is 0 Å². The summed E-state index contributed by atoms with van der Waals surface area (Å²) in [6, 6.07) is 7.98. The molecule has 0 bridgehead atoms. The van der Waals surface area contributed by atoms with Crippen molar-refractivity contribution in [2.45, 2.75) is 19.5 Å². The highest BCUT2D eigenvalue weighted by atomic mass is 19.1. The van der Waals surface area contributed by atoms with Gasteiger partial charge in [0, 0.05) is 0 Å². The number of hydrogen-bond acceptors (Lipinski definition) is 3. The number of alkyl halides is 1. The molecule has 0 heterocycles. The SMILES string of the molecule is CCC(F)C(=O)OC(=O)c1ccccc1. The van der Waals surface area contributed by atoms with Gasteiger partial charge in [-0.1, -0.05) is 25.1 Å². The zero-order chi connectivity index (χ0) is 11.3. The molecule has 80 valence electrons. The van der Waals surface area contributed by atoms with Crippen molar-refractivity contribution in [3.63, 3.8) is 0 Å². The van der Waals surface area contributed by atoms with Gasteiger partial charge in [-0.2, -0.15) is 0 Å². The molecule has 15 heavy (non-hydrogen) atoms. The van der Waals surface area contributed by atoms with Gasteiger partial charge in [0.15, 0.2) is 6.17 Å². The standard InChI is InChI=1S/C11H11FO3/c1-2-9(12)11(14)15-10(13)8-6-4-3-5-7-8/h3-7,9H,2H2,1H3. The summed E-state index contributed by atoms with van der Waals surface area (Å²) in [5.41, 5.74) is 0.231. The lowest BCUT2D eigenvalue weighted by molar-refractivity contribution is -0.143. The van der Waals surface area contributed by atoms with Gasteiger partial charge in [0.05, 0.1) is 5.56 Å². The maximum absolute atomic E-state index is 12.8. The molecule has 0 saturated heterocycles. The van der Waals surface area contributed by atoms with Crippen molar-refractivity contribution in [2.75, 3.05) is 0 Å². The van der Waals surface area contributed by atoms with Crippen molar-refractivity contribution in [2.24, 2.45) is 0 Å². The predicted octanol–water partition coefficient (Wildman–Crippen LogP) is 2.12. The molecule has 0 N–H and O–H groups in total. The Balaban J connectivity index is 2.61. The minimum Gasteiger partial charge on any atom is -0.387 e. The fraction of sp³-hybridized carbons (Fsp3) is 0.273. The molecule has 0 fully saturated rings. The van der Waals surface area contributed by atoms with Gasteiger partial charge in [-0.05, 0) is 18.6 Å². The topological polar surface area (TPSA) is 43.4 Å². The Labute approximate surface area is 86.9 Å². The lowest BCUT2D eigenvalue weighted by Crippen LogP contribution is -2.21. The van der Waals surface area contributed by atoms with E-state index in [0.717, 1.165) is 0 Å². The monoisotopic (exact) mass is 210 g/mol. The lowest BCUT2D eigenvalue weighted by atomic mass is 10.2. The fourth-order valence-electron chi connectivity index (χ4n) is 0.955. The first-order valence-electron chi connectivity index (χ1n) is 4.60. The van der Waals surface area contributed by atoms with Gasteiger partial charge in [0.2, 0.25) is 0 Å². The lowest BCUT2D eigenvalue weighted by Gasteiger charge is -2.04. The average molecular weight is 210 g/mol. The van der Waals surface area contributed by atoms with Crippen LogP contribution in [-0.2, 0) is 9.53 Å². The summed E-state index contributed by atoms with van der Waals surface area (Å²) in [5, 5.41) is 0. The fourth-order valence-corrected chi connectivity index (χ4v) is 0.955. The van der Waals surface area contributed by atoms with Crippen molar-refractivity contribution < 1.29 is 18.7 Å². The molecule has 0 aliphatic carbocycles. The summed E-state index contributed by atoms with van der Waals surface area (Å²) in [5.74, 6) is -1.96. The maximum atomic E-state index is 12.8.